The van der Waals surface area contributed by atoms with Gasteiger partial charge in [-0.3, -0.25) is 9.36 Å². The lowest BCUT2D eigenvalue weighted by Gasteiger charge is -2.15. The minimum Gasteiger partial charge on any atom is -0.610 e. The van der Waals surface area contributed by atoms with Gasteiger partial charge in [0.05, 0.1) is 13.7 Å². The maximum absolute atomic E-state index is 13.4. The summed E-state index contributed by atoms with van der Waals surface area (Å²) in [7, 11) is 1.62. The molecule has 2 aromatic carbocycles. The molecule has 0 amide bonds. The fourth-order valence-electron chi connectivity index (χ4n) is 3.32. The topological polar surface area (TPSA) is 80.1 Å². The predicted octanol–water partition coefficient (Wildman–Crippen LogP) is 3.88. The number of rotatable bonds is 6. The van der Waals surface area contributed by atoms with Crippen LogP contribution in [0, 0.1) is 0 Å². The van der Waals surface area contributed by atoms with Crippen LogP contribution in [-0.2, 0) is 24.1 Å². The van der Waals surface area contributed by atoms with Gasteiger partial charge in [0.1, 0.15) is 17.8 Å². The van der Waals surface area contributed by atoms with Crippen LogP contribution < -0.4 is 10.3 Å². The molecule has 154 valence electrons. The van der Waals surface area contributed by atoms with Crippen LogP contribution in [0.5, 0.6) is 5.75 Å². The Labute approximate surface area is 181 Å². The van der Waals surface area contributed by atoms with Crippen LogP contribution in [0.25, 0.3) is 21.7 Å². The molecule has 0 radical (unpaired) electrons. The first-order valence-electron chi connectivity index (χ1n) is 9.47. The SMILES string of the molecule is CCc1ccccc1-c1nc2sc([S+](C)[O-])nc2c(=O)n1Cc1ccc(OC)cc1. The Kier molecular flexibility index (Phi) is 5.90. The predicted molar refractivity (Wildman–Crippen MR) is 121 cm³/mol. The summed E-state index contributed by atoms with van der Waals surface area (Å²) < 4.78 is 19.2. The molecule has 2 heterocycles. The van der Waals surface area contributed by atoms with E-state index >= 15 is 0 Å². The molecule has 4 aromatic rings. The van der Waals surface area contributed by atoms with Crippen molar-refractivity contribution in [3.8, 4) is 17.1 Å². The molecule has 0 bridgehead atoms. The molecule has 0 saturated carbocycles. The van der Waals surface area contributed by atoms with Gasteiger partial charge in [-0.25, -0.2) is 4.98 Å². The number of ether oxygens (including phenoxy) is 1. The molecular formula is C22H21N3O3S2. The number of hydrogen-bond acceptors (Lipinski definition) is 6. The van der Waals surface area contributed by atoms with Crippen LogP contribution in [0.1, 0.15) is 18.1 Å². The zero-order valence-corrected chi connectivity index (χ0v) is 18.5. The van der Waals surface area contributed by atoms with E-state index in [0.717, 1.165) is 28.9 Å². The average molecular weight is 440 g/mol. The third-order valence-electron chi connectivity index (χ3n) is 4.89. The summed E-state index contributed by atoms with van der Waals surface area (Å²) in [5.74, 6) is 1.35. The third-order valence-corrected chi connectivity index (χ3v) is 7.17. The summed E-state index contributed by atoms with van der Waals surface area (Å²) in [4.78, 5) is 23.1. The lowest BCUT2D eigenvalue weighted by atomic mass is 10.0. The first kappa shape index (κ1) is 20.6. The average Bonchev–Trinajstić information content (AvgIpc) is 3.21. The zero-order valence-electron chi connectivity index (χ0n) is 16.9. The number of methoxy groups -OCH3 is 1. The van der Waals surface area contributed by atoms with Crippen LogP contribution in [0.4, 0.5) is 0 Å². The Morgan fingerprint density at radius 2 is 1.87 bits per heavy atom. The van der Waals surface area contributed by atoms with E-state index in [2.05, 4.69) is 11.9 Å². The molecule has 0 aliphatic carbocycles. The maximum atomic E-state index is 13.4. The molecular weight excluding hydrogens is 418 g/mol. The summed E-state index contributed by atoms with van der Waals surface area (Å²) in [5.41, 5.74) is 3.00. The van der Waals surface area contributed by atoms with Crippen LogP contribution in [0.2, 0.25) is 0 Å². The Morgan fingerprint density at radius 1 is 1.13 bits per heavy atom. The van der Waals surface area contributed by atoms with Gasteiger partial charge in [0.15, 0.2) is 10.3 Å². The third kappa shape index (κ3) is 3.86. The standard InChI is InChI=1S/C22H21N3O3S2/c1-4-15-7-5-6-8-17(15)19-24-20-18(23-22(29-20)30(3)27)21(26)25(19)13-14-9-11-16(28-2)12-10-14/h5-12H,4,13H2,1-3H3. The molecule has 0 aliphatic rings. The Morgan fingerprint density at radius 3 is 2.53 bits per heavy atom. The number of thiazole rings is 1. The second kappa shape index (κ2) is 8.59. The normalized spacial score (nSPS) is 12.3. The molecule has 4 rings (SSSR count). The van der Waals surface area contributed by atoms with E-state index in [1.165, 1.54) is 11.3 Å². The highest BCUT2D eigenvalue weighted by Gasteiger charge is 2.21. The highest BCUT2D eigenvalue weighted by atomic mass is 32.2. The van der Waals surface area contributed by atoms with Gasteiger partial charge in [0.2, 0.25) is 0 Å². The molecule has 0 N–H and O–H groups in total. The monoisotopic (exact) mass is 439 g/mol. The van der Waals surface area contributed by atoms with Crippen molar-refractivity contribution in [2.45, 2.75) is 24.2 Å². The fourth-order valence-corrected chi connectivity index (χ4v) is 4.91. The minimum absolute atomic E-state index is 0.232. The van der Waals surface area contributed by atoms with Crippen LogP contribution in [0.3, 0.4) is 0 Å². The molecule has 0 saturated heterocycles. The van der Waals surface area contributed by atoms with E-state index in [1.54, 1.807) is 17.9 Å². The van der Waals surface area contributed by atoms with Crippen molar-refractivity contribution in [3.63, 3.8) is 0 Å². The van der Waals surface area contributed by atoms with Gasteiger partial charge >= 0.3 is 4.34 Å². The Hall–Kier alpha value is -2.68. The van der Waals surface area contributed by atoms with E-state index in [4.69, 9.17) is 9.72 Å². The first-order chi connectivity index (χ1) is 14.5. The number of aromatic nitrogens is 3. The second-order valence-corrected chi connectivity index (χ2v) is 9.30. The van der Waals surface area contributed by atoms with Crippen LogP contribution in [-0.4, -0.2) is 32.5 Å². The summed E-state index contributed by atoms with van der Waals surface area (Å²) in [6.45, 7) is 2.43. The smallest absolute Gasteiger partial charge is 0.304 e. The van der Waals surface area contributed by atoms with Crippen molar-refractivity contribution >= 4 is 32.9 Å². The van der Waals surface area contributed by atoms with Gasteiger partial charge in [-0.15, -0.1) is 0 Å². The van der Waals surface area contributed by atoms with Crippen LogP contribution in [0.15, 0.2) is 57.7 Å². The zero-order chi connectivity index (χ0) is 21.3. The molecule has 30 heavy (non-hydrogen) atoms. The molecule has 0 spiro atoms. The summed E-state index contributed by atoms with van der Waals surface area (Å²) in [6.07, 6.45) is 2.38. The summed E-state index contributed by atoms with van der Waals surface area (Å²) >= 11 is -0.0604. The molecule has 1 unspecified atom stereocenters. The van der Waals surface area contributed by atoms with E-state index in [-0.39, 0.29) is 11.1 Å². The lowest BCUT2D eigenvalue weighted by Crippen LogP contribution is -2.24. The molecule has 1 atom stereocenters. The molecule has 0 fully saturated rings. The highest BCUT2D eigenvalue weighted by Crippen LogP contribution is 2.28. The van der Waals surface area contributed by atoms with Gasteiger partial charge in [-0.2, -0.15) is 4.98 Å². The molecule has 2 aromatic heterocycles. The molecule has 6 nitrogen and oxygen atoms in total. The number of nitrogens with zero attached hydrogens (tertiary/aromatic N) is 3. The van der Waals surface area contributed by atoms with E-state index < -0.39 is 11.2 Å². The second-order valence-electron chi connectivity index (χ2n) is 6.77. The number of aryl methyl sites for hydroxylation is 1. The first-order valence-corrected chi connectivity index (χ1v) is 11.8. The van der Waals surface area contributed by atoms with Crippen molar-refractivity contribution in [1.29, 1.82) is 0 Å². The van der Waals surface area contributed by atoms with Gasteiger partial charge < -0.3 is 9.29 Å². The van der Waals surface area contributed by atoms with Crippen molar-refractivity contribution in [1.82, 2.24) is 14.5 Å². The van der Waals surface area contributed by atoms with E-state index in [9.17, 15) is 9.35 Å². The Bertz CT molecular complexity index is 1250. The van der Waals surface area contributed by atoms with Crippen molar-refractivity contribution in [2.24, 2.45) is 0 Å². The van der Waals surface area contributed by atoms with E-state index in [1.807, 2.05) is 48.5 Å². The summed E-state index contributed by atoms with van der Waals surface area (Å²) in [6, 6.07) is 15.6. The molecule has 0 aliphatic heterocycles. The van der Waals surface area contributed by atoms with Crippen molar-refractivity contribution < 1.29 is 9.29 Å². The molecule has 8 heteroatoms. The fraction of sp³-hybridized carbons (Fsp3) is 0.227. The van der Waals surface area contributed by atoms with Crippen LogP contribution >= 0.6 is 11.3 Å². The number of hydrogen-bond donors (Lipinski definition) is 0. The largest absolute Gasteiger partial charge is 0.610 e. The summed E-state index contributed by atoms with van der Waals surface area (Å²) in [5, 5.41) is 0. The van der Waals surface area contributed by atoms with Crippen molar-refractivity contribution in [2.75, 3.05) is 13.4 Å². The highest BCUT2D eigenvalue weighted by molar-refractivity contribution is 7.92. The van der Waals surface area contributed by atoms with E-state index in [0.29, 0.717) is 21.5 Å². The Balaban J connectivity index is 1.94. The van der Waals surface area contributed by atoms with Gasteiger partial charge in [0, 0.05) is 16.7 Å². The van der Waals surface area contributed by atoms with Gasteiger partial charge in [-0.05, 0) is 41.0 Å². The quantitative estimate of drug-likeness (QED) is 0.426. The maximum Gasteiger partial charge on any atom is 0.304 e. The number of benzene rings is 2. The van der Waals surface area contributed by atoms with Gasteiger partial charge in [-0.1, -0.05) is 43.3 Å². The minimum atomic E-state index is -1.27. The number of fused-ring (bicyclic) bond motifs is 1. The van der Waals surface area contributed by atoms with Crippen molar-refractivity contribution in [3.05, 3.63) is 70.0 Å². The lowest BCUT2D eigenvalue weighted by molar-refractivity contribution is 0.414. The van der Waals surface area contributed by atoms with Gasteiger partial charge in [0.25, 0.3) is 5.56 Å².